The first-order valence-electron chi connectivity index (χ1n) is 7.64. The summed E-state index contributed by atoms with van der Waals surface area (Å²) < 4.78 is 27.8. The van der Waals surface area contributed by atoms with E-state index in [9.17, 15) is 18.0 Å². The lowest BCUT2D eigenvalue weighted by Crippen LogP contribution is -2.27. The van der Waals surface area contributed by atoms with Crippen LogP contribution in [0.2, 0.25) is 0 Å². The lowest BCUT2D eigenvalue weighted by atomic mass is 10.1. The number of nitrogens with zero attached hydrogens (tertiary/aromatic N) is 1. The van der Waals surface area contributed by atoms with Crippen molar-refractivity contribution < 1.29 is 22.7 Å². The molecule has 132 valence electrons. The second kappa shape index (κ2) is 7.16. The Hall–Kier alpha value is -2.16. The predicted molar refractivity (Wildman–Crippen MR) is 88.7 cm³/mol. The van der Waals surface area contributed by atoms with Gasteiger partial charge in [-0.3, -0.25) is 4.79 Å². The van der Waals surface area contributed by atoms with Gasteiger partial charge in [-0.15, -0.1) is 0 Å². The first-order chi connectivity index (χ1) is 11.2. The van der Waals surface area contributed by atoms with Gasteiger partial charge in [0, 0.05) is 5.69 Å². The van der Waals surface area contributed by atoms with Gasteiger partial charge in [0.05, 0.1) is 41.5 Å². The first-order valence-corrected chi connectivity index (χ1v) is 9.47. The Morgan fingerprint density at radius 1 is 1.42 bits per heavy atom. The number of sulfone groups is 1. The molecule has 0 spiro atoms. The Balaban J connectivity index is 2.04. The van der Waals surface area contributed by atoms with E-state index in [1.807, 2.05) is 0 Å². The van der Waals surface area contributed by atoms with Crippen molar-refractivity contribution in [2.45, 2.75) is 27.2 Å². The highest BCUT2D eigenvalue weighted by Gasteiger charge is 2.32. The van der Waals surface area contributed by atoms with Gasteiger partial charge in [0.15, 0.2) is 9.84 Å². The van der Waals surface area contributed by atoms with Gasteiger partial charge < -0.3 is 9.72 Å². The maximum absolute atomic E-state index is 11.9. The molecule has 24 heavy (non-hydrogen) atoms. The van der Waals surface area contributed by atoms with E-state index in [4.69, 9.17) is 4.74 Å². The Bertz CT molecular complexity index is 779. The van der Waals surface area contributed by atoms with Crippen LogP contribution in [-0.2, 0) is 19.4 Å². The Morgan fingerprint density at radius 2 is 2.12 bits per heavy atom. The van der Waals surface area contributed by atoms with Crippen LogP contribution in [0.15, 0.2) is 5.10 Å². The van der Waals surface area contributed by atoms with Crippen molar-refractivity contribution in [3.63, 3.8) is 0 Å². The number of amides is 1. The SMILES string of the molecule is CCOC(=O)c1c(C)[nH]c(/C=N/NC(=O)[C@H]2CCS(=O)(=O)C2)c1C. The largest absolute Gasteiger partial charge is 0.462 e. The summed E-state index contributed by atoms with van der Waals surface area (Å²) in [4.78, 5) is 26.8. The zero-order valence-corrected chi connectivity index (χ0v) is 14.7. The quantitative estimate of drug-likeness (QED) is 0.458. The maximum Gasteiger partial charge on any atom is 0.340 e. The molecule has 0 aromatic carbocycles. The number of hydrazone groups is 1. The molecule has 1 amide bonds. The molecule has 0 bridgehead atoms. The van der Waals surface area contributed by atoms with Crippen molar-refractivity contribution in [1.29, 1.82) is 0 Å². The maximum atomic E-state index is 11.9. The van der Waals surface area contributed by atoms with Crippen LogP contribution in [0, 0.1) is 19.8 Å². The highest BCUT2D eigenvalue weighted by Crippen LogP contribution is 2.19. The van der Waals surface area contributed by atoms with E-state index in [2.05, 4.69) is 15.5 Å². The van der Waals surface area contributed by atoms with E-state index >= 15 is 0 Å². The number of hydrogen-bond acceptors (Lipinski definition) is 6. The van der Waals surface area contributed by atoms with Crippen LogP contribution in [0.3, 0.4) is 0 Å². The number of ether oxygens (including phenoxy) is 1. The predicted octanol–water partition coefficient (Wildman–Crippen LogP) is 0.693. The Labute approximate surface area is 140 Å². The number of rotatable bonds is 5. The van der Waals surface area contributed by atoms with Gasteiger partial charge in [-0.25, -0.2) is 18.6 Å². The summed E-state index contributed by atoms with van der Waals surface area (Å²) in [7, 11) is -3.11. The molecule has 1 aliphatic heterocycles. The molecule has 8 nitrogen and oxygen atoms in total. The summed E-state index contributed by atoms with van der Waals surface area (Å²) in [5.41, 5.74) is 4.71. The van der Waals surface area contributed by atoms with Gasteiger partial charge in [-0.2, -0.15) is 5.10 Å². The number of carbonyl (C=O) groups excluding carboxylic acids is 2. The molecule has 1 fully saturated rings. The molecule has 2 rings (SSSR count). The normalized spacial score (nSPS) is 19.5. The zero-order valence-electron chi connectivity index (χ0n) is 13.9. The van der Waals surface area contributed by atoms with Crippen molar-refractivity contribution >= 4 is 27.9 Å². The first kappa shape index (κ1) is 18.2. The number of aromatic amines is 1. The lowest BCUT2D eigenvalue weighted by Gasteiger charge is -2.04. The summed E-state index contributed by atoms with van der Waals surface area (Å²) in [6, 6.07) is 0. The summed E-state index contributed by atoms with van der Waals surface area (Å²) in [5, 5.41) is 3.85. The average Bonchev–Trinajstić information content (AvgIpc) is 2.99. The highest BCUT2D eigenvalue weighted by atomic mass is 32.2. The molecule has 1 atom stereocenters. The van der Waals surface area contributed by atoms with Crippen molar-refractivity contribution in [3.8, 4) is 0 Å². The molecule has 0 radical (unpaired) electrons. The van der Waals surface area contributed by atoms with Crippen molar-refractivity contribution in [2.24, 2.45) is 11.0 Å². The van der Waals surface area contributed by atoms with E-state index in [1.54, 1.807) is 20.8 Å². The fourth-order valence-electron chi connectivity index (χ4n) is 2.67. The second-order valence-electron chi connectivity index (χ2n) is 5.72. The number of carbonyl (C=O) groups is 2. The van der Waals surface area contributed by atoms with Crippen LogP contribution in [-0.4, -0.2) is 49.6 Å². The highest BCUT2D eigenvalue weighted by molar-refractivity contribution is 7.91. The molecule has 1 aromatic heterocycles. The summed E-state index contributed by atoms with van der Waals surface area (Å²) in [6.45, 7) is 5.52. The second-order valence-corrected chi connectivity index (χ2v) is 7.95. The lowest BCUT2D eigenvalue weighted by molar-refractivity contribution is -0.124. The third-order valence-corrected chi connectivity index (χ3v) is 5.70. The molecular weight excluding hydrogens is 334 g/mol. The number of aryl methyl sites for hydroxylation is 1. The average molecular weight is 355 g/mol. The van der Waals surface area contributed by atoms with Crippen molar-refractivity contribution in [1.82, 2.24) is 10.4 Å². The molecule has 1 aromatic rings. The summed E-state index contributed by atoms with van der Waals surface area (Å²) in [6.07, 6.45) is 1.71. The molecular formula is C15H21N3O5S. The summed E-state index contributed by atoms with van der Waals surface area (Å²) >= 11 is 0. The number of hydrogen-bond donors (Lipinski definition) is 2. The minimum Gasteiger partial charge on any atom is -0.462 e. The van der Waals surface area contributed by atoms with Crippen LogP contribution in [0.25, 0.3) is 0 Å². The van der Waals surface area contributed by atoms with Crippen molar-refractivity contribution in [3.05, 3.63) is 22.5 Å². The van der Waals surface area contributed by atoms with E-state index in [1.165, 1.54) is 6.21 Å². The molecule has 2 N–H and O–H groups in total. The van der Waals surface area contributed by atoms with E-state index in [0.717, 1.165) is 0 Å². The van der Waals surface area contributed by atoms with E-state index in [-0.39, 0.29) is 18.1 Å². The fraction of sp³-hybridized carbons (Fsp3) is 0.533. The van der Waals surface area contributed by atoms with Gasteiger partial charge in [0.25, 0.3) is 0 Å². The molecule has 0 saturated carbocycles. The standard InChI is InChI=1S/C15H21N3O5S/c1-4-23-15(20)13-9(2)12(17-10(13)3)7-16-18-14(19)11-5-6-24(21,22)8-11/h7,11,17H,4-6,8H2,1-3H3,(H,18,19)/b16-7+/t11-/m0/s1. The monoisotopic (exact) mass is 355 g/mol. The van der Waals surface area contributed by atoms with Crippen molar-refractivity contribution in [2.75, 3.05) is 18.1 Å². The molecule has 1 saturated heterocycles. The third-order valence-electron chi connectivity index (χ3n) is 3.93. The summed E-state index contributed by atoms with van der Waals surface area (Å²) in [5.74, 6) is -1.49. The van der Waals surface area contributed by atoms with Gasteiger partial charge >= 0.3 is 5.97 Å². The van der Waals surface area contributed by atoms with Crippen LogP contribution in [0.1, 0.15) is 40.7 Å². The van der Waals surface area contributed by atoms with Gasteiger partial charge in [0.1, 0.15) is 0 Å². The van der Waals surface area contributed by atoms with Gasteiger partial charge in [-0.05, 0) is 32.8 Å². The number of nitrogens with one attached hydrogen (secondary N) is 2. The van der Waals surface area contributed by atoms with Crippen LogP contribution in [0.4, 0.5) is 0 Å². The Morgan fingerprint density at radius 3 is 2.71 bits per heavy atom. The van der Waals surface area contributed by atoms with E-state index < -0.39 is 27.6 Å². The number of aromatic nitrogens is 1. The topological polar surface area (TPSA) is 118 Å². The fourth-order valence-corrected chi connectivity index (χ4v) is 4.41. The third kappa shape index (κ3) is 4.02. The minimum absolute atomic E-state index is 0.0344. The van der Waals surface area contributed by atoms with Crippen LogP contribution in [0.5, 0.6) is 0 Å². The smallest absolute Gasteiger partial charge is 0.340 e. The number of esters is 1. The van der Waals surface area contributed by atoms with Gasteiger partial charge in [-0.1, -0.05) is 0 Å². The molecule has 0 unspecified atom stereocenters. The molecule has 1 aliphatic rings. The van der Waals surface area contributed by atoms with Crippen LogP contribution < -0.4 is 5.43 Å². The zero-order chi connectivity index (χ0) is 17.9. The van der Waals surface area contributed by atoms with Gasteiger partial charge in [0.2, 0.25) is 5.91 Å². The minimum atomic E-state index is -3.11. The number of H-pyrrole nitrogens is 1. The van der Waals surface area contributed by atoms with Crippen LogP contribution >= 0.6 is 0 Å². The molecule has 9 heteroatoms. The Kier molecular flexibility index (Phi) is 5.43. The molecule has 2 heterocycles. The molecule has 0 aliphatic carbocycles. The van der Waals surface area contributed by atoms with E-state index in [0.29, 0.717) is 28.9 Å².